The number of hydrogen-bond donors (Lipinski definition) is 2. The Bertz CT molecular complexity index is 1490. The highest BCUT2D eigenvalue weighted by molar-refractivity contribution is 5.87. The van der Waals surface area contributed by atoms with Crippen LogP contribution in [0.4, 0.5) is 5.82 Å². The average Bonchev–Trinajstić information content (AvgIpc) is 3.35. The van der Waals surface area contributed by atoms with Gasteiger partial charge >= 0.3 is 5.69 Å². The Hall–Kier alpha value is -4.51. The molecule has 10 nitrogen and oxygen atoms in total. The van der Waals surface area contributed by atoms with Crippen molar-refractivity contribution in [1.82, 2.24) is 9.55 Å². The Morgan fingerprint density at radius 1 is 0.927 bits per heavy atom. The maximum Gasteiger partial charge on any atom is 0.351 e. The lowest BCUT2D eigenvalue weighted by molar-refractivity contribution is -0.114. The molecule has 1 fully saturated rings. The largest absolute Gasteiger partial charge is 0.497 e. The highest BCUT2D eigenvalue weighted by atomic mass is 16.6. The molecule has 1 aliphatic heterocycles. The summed E-state index contributed by atoms with van der Waals surface area (Å²) in [6.07, 6.45) is -1.69. The minimum atomic E-state index is -1.22. The van der Waals surface area contributed by atoms with Crippen LogP contribution in [0.3, 0.4) is 0 Å². The zero-order chi connectivity index (χ0) is 29.0. The molecule has 3 aromatic carbocycles. The molecule has 212 valence electrons. The van der Waals surface area contributed by atoms with E-state index in [4.69, 9.17) is 18.9 Å². The topological polar surface area (TPSA) is 121 Å². The normalized spacial score (nSPS) is 18.6. The van der Waals surface area contributed by atoms with Gasteiger partial charge in [-0.25, -0.2) is 4.79 Å². The summed E-state index contributed by atoms with van der Waals surface area (Å²) in [6.45, 7) is 1.33. The summed E-state index contributed by atoms with van der Waals surface area (Å²) in [5.41, 5.74) is 0.556. The Labute approximate surface area is 237 Å². The number of carbonyl (C=O) groups excluding carboxylic acids is 1. The molecule has 41 heavy (non-hydrogen) atoms. The van der Waals surface area contributed by atoms with Crippen molar-refractivity contribution >= 4 is 11.7 Å². The molecule has 3 atom stereocenters. The van der Waals surface area contributed by atoms with Gasteiger partial charge in [0.15, 0.2) is 6.23 Å². The molecule has 0 radical (unpaired) electrons. The van der Waals surface area contributed by atoms with Crippen molar-refractivity contribution in [2.45, 2.75) is 31.0 Å². The summed E-state index contributed by atoms with van der Waals surface area (Å²) in [5, 5.41) is 13.9. The van der Waals surface area contributed by atoms with Crippen molar-refractivity contribution in [3.05, 3.63) is 118 Å². The number of carbonyl (C=O) groups is 1. The number of aromatic nitrogens is 2. The summed E-state index contributed by atoms with van der Waals surface area (Å²) < 4.78 is 24.8. The molecule has 1 saturated heterocycles. The number of methoxy groups -OCH3 is 2. The van der Waals surface area contributed by atoms with Crippen LogP contribution in [0.25, 0.3) is 0 Å². The molecular weight excluding hydrogens is 526 g/mol. The van der Waals surface area contributed by atoms with E-state index < -0.39 is 29.7 Å². The molecule has 0 unspecified atom stereocenters. The smallest absolute Gasteiger partial charge is 0.351 e. The molecule has 0 spiro atoms. The minimum Gasteiger partial charge on any atom is -0.497 e. The first-order valence-electron chi connectivity index (χ1n) is 13.0. The van der Waals surface area contributed by atoms with Crippen molar-refractivity contribution < 1.29 is 28.8 Å². The minimum absolute atomic E-state index is 0.00656. The van der Waals surface area contributed by atoms with Crippen molar-refractivity contribution in [1.29, 1.82) is 0 Å². The number of nitrogens with one attached hydrogen (secondary N) is 1. The first kappa shape index (κ1) is 28.0. The standard InChI is InChI=1S/C31H31N3O7/c1-20(35)32-27-17-18-34(30(37)33-27)29-28(36)26(19-40-29)41-31(21-7-5-4-6-8-21,22-9-13-24(38-2)14-10-22)23-11-15-25(39-3)16-12-23/h4-18,26,28-29,36H,19H2,1-3H3,(H,32,33,35,37)/t26-,28+,29+/m0/s1. The monoisotopic (exact) mass is 557 g/mol. The van der Waals surface area contributed by atoms with E-state index in [0.717, 1.165) is 16.7 Å². The summed E-state index contributed by atoms with van der Waals surface area (Å²) in [5.74, 6) is 1.13. The molecule has 2 N–H and O–H groups in total. The van der Waals surface area contributed by atoms with Gasteiger partial charge in [-0.3, -0.25) is 9.36 Å². The molecular formula is C31H31N3O7. The lowest BCUT2D eigenvalue weighted by Crippen LogP contribution is -2.42. The second-order valence-corrected chi connectivity index (χ2v) is 9.56. The first-order chi connectivity index (χ1) is 19.8. The molecule has 4 aromatic rings. The third-order valence-electron chi connectivity index (χ3n) is 7.01. The summed E-state index contributed by atoms with van der Waals surface area (Å²) >= 11 is 0. The zero-order valence-electron chi connectivity index (χ0n) is 22.9. The number of hydrogen-bond acceptors (Lipinski definition) is 8. The van der Waals surface area contributed by atoms with E-state index in [2.05, 4.69) is 10.3 Å². The van der Waals surface area contributed by atoms with E-state index in [9.17, 15) is 14.7 Å². The van der Waals surface area contributed by atoms with E-state index in [-0.39, 0.29) is 18.3 Å². The number of aliphatic hydroxyl groups excluding tert-OH is 1. The predicted molar refractivity (Wildman–Crippen MR) is 151 cm³/mol. The van der Waals surface area contributed by atoms with Crippen LogP contribution in [0.5, 0.6) is 11.5 Å². The highest BCUT2D eigenvalue weighted by Crippen LogP contribution is 2.44. The van der Waals surface area contributed by atoms with Gasteiger partial charge in [0.25, 0.3) is 0 Å². The van der Waals surface area contributed by atoms with Crippen molar-refractivity contribution in [2.75, 3.05) is 26.1 Å². The second kappa shape index (κ2) is 11.9. The van der Waals surface area contributed by atoms with Crippen LogP contribution >= 0.6 is 0 Å². The Morgan fingerprint density at radius 2 is 1.49 bits per heavy atom. The quantitative estimate of drug-likeness (QED) is 0.300. The van der Waals surface area contributed by atoms with Gasteiger partial charge in [-0.2, -0.15) is 4.98 Å². The molecule has 0 saturated carbocycles. The van der Waals surface area contributed by atoms with Gasteiger partial charge in [0.2, 0.25) is 5.91 Å². The van der Waals surface area contributed by atoms with Crippen molar-refractivity contribution in [3.63, 3.8) is 0 Å². The number of ether oxygens (including phenoxy) is 4. The summed E-state index contributed by atoms with van der Waals surface area (Å²) in [6, 6.07) is 26.3. The SMILES string of the molecule is COc1ccc(C(O[C@H]2CO[C@@H](n3ccc(NC(C)=O)nc3=O)[C@@H]2O)(c2ccccc2)c2ccc(OC)cc2)cc1. The molecule has 0 bridgehead atoms. The fraction of sp³-hybridized carbons (Fsp3) is 0.258. The van der Waals surface area contributed by atoms with E-state index >= 15 is 0 Å². The van der Waals surface area contributed by atoms with Crippen molar-refractivity contribution in [2.24, 2.45) is 0 Å². The molecule has 0 aliphatic carbocycles. The molecule has 2 heterocycles. The number of benzene rings is 3. The van der Waals surface area contributed by atoms with Crippen LogP contribution in [0, 0.1) is 0 Å². The number of nitrogens with zero attached hydrogens (tertiary/aromatic N) is 2. The molecule has 1 aliphatic rings. The number of anilines is 1. The molecule has 1 amide bonds. The Kier molecular flexibility index (Phi) is 8.16. The van der Waals surface area contributed by atoms with Gasteiger partial charge < -0.3 is 29.4 Å². The molecule has 1 aromatic heterocycles. The maximum absolute atomic E-state index is 12.8. The number of rotatable bonds is 9. The van der Waals surface area contributed by atoms with Crippen LogP contribution in [-0.4, -0.2) is 53.6 Å². The lowest BCUT2D eigenvalue weighted by Gasteiger charge is -2.38. The summed E-state index contributed by atoms with van der Waals surface area (Å²) in [4.78, 5) is 28.0. The maximum atomic E-state index is 12.8. The fourth-order valence-corrected chi connectivity index (χ4v) is 5.03. The molecule has 5 rings (SSSR count). The van der Waals surface area contributed by atoms with Gasteiger partial charge in [0, 0.05) is 13.1 Å². The van der Waals surface area contributed by atoms with E-state index in [0.29, 0.717) is 11.5 Å². The van der Waals surface area contributed by atoms with Crippen molar-refractivity contribution in [3.8, 4) is 11.5 Å². The van der Waals surface area contributed by atoms with E-state index in [1.54, 1.807) is 14.2 Å². The van der Waals surface area contributed by atoms with Crippen LogP contribution in [0.1, 0.15) is 29.8 Å². The lowest BCUT2D eigenvalue weighted by atomic mass is 9.79. The van der Waals surface area contributed by atoms with Gasteiger partial charge in [0.05, 0.1) is 20.8 Å². The highest BCUT2D eigenvalue weighted by Gasteiger charge is 2.46. The summed E-state index contributed by atoms with van der Waals surface area (Å²) in [7, 11) is 3.20. The first-order valence-corrected chi connectivity index (χ1v) is 13.0. The third-order valence-corrected chi connectivity index (χ3v) is 7.01. The van der Waals surface area contributed by atoms with Crippen LogP contribution in [0.2, 0.25) is 0 Å². The Balaban J connectivity index is 1.57. The number of amides is 1. The van der Waals surface area contributed by atoms with Crippen LogP contribution in [0.15, 0.2) is 95.9 Å². The van der Waals surface area contributed by atoms with Gasteiger partial charge in [-0.1, -0.05) is 54.6 Å². The average molecular weight is 558 g/mol. The predicted octanol–water partition coefficient (Wildman–Crippen LogP) is 3.49. The van der Waals surface area contributed by atoms with Gasteiger partial charge in [-0.05, 0) is 47.0 Å². The fourth-order valence-electron chi connectivity index (χ4n) is 5.03. The third kappa shape index (κ3) is 5.58. The number of aliphatic hydroxyl groups is 1. The second-order valence-electron chi connectivity index (χ2n) is 9.56. The van der Waals surface area contributed by atoms with Gasteiger partial charge in [-0.15, -0.1) is 0 Å². The molecule has 10 heteroatoms. The van der Waals surface area contributed by atoms with Gasteiger partial charge in [0.1, 0.15) is 35.1 Å². The van der Waals surface area contributed by atoms with Crippen LogP contribution in [-0.2, 0) is 19.9 Å². The zero-order valence-corrected chi connectivity index (χ0v) is 22.9. The van der Waals surface area contributed by atoms with E-state index in [1.807, 2.05) is 78.9 Å². The van der Waals surface area contributed by atoms with Crippen LogP contribution < -0.4 is 20.5 Å². The Morgan fingerprint density at radius 3 is 2.00 bits per heavy atom. The van der Waals surface area contributed by atoms with E-state index in [1.165, 1.54) is 23.8 Å².